The summed E-state index contributed by atoms with van der Waals surface area (Å²) in [4.78, 5) is 0. The molecule has 1 rings (SSSR count). The first-order valence-corrected chi connectivity index (χ1v) is 8.95. The van der Waals surface area contributed by atoms with Crippen LogP contribution in [0, 0.1) is 0 Å². The Labute approximate surface area is 127 Å². The number of sulfone groups is 1. The Bertz CT molecular complexity index is 535. The maximum absolute atomic E-state index is 12.0. The van der Waals surface area contributed by atoms with Gasteiger partial charge < -0.3 is 14.8 Å². The molecule has 2 unspecified atom stereocenters. The first kappa shape index (κ1) is 17.8. The Kier molecular flexibility index (Phi) is 6.48. The molecule has 0 amide bonds. The van der Waals surface area contributed by atoms with Gasteiger partial charge in [0.25, 0.3) is 0 Å². The summed E-state index contributed by atoms with van der Waals surface area (Å²) < 4.78 is 34.8. The van der Waals surface area contributed by atoms with Crippen LogP contribution in [0.5, 0.6) is 11.5 Å². The molecule has 6 heteroatoms. The summed E-state index contributed by atoms with van der Waals surface area (Å²) in [5.74, 6) is 1.25. The summed E-state index contributed by atoms with van der Waals surface area (Å²) in [6, 6.07) is 5.07. The third-order valence-corrected chi connectivity index (χ3v) is 5.16. The fraction of sp³-hybridized carbons (Fsp3) is 0.600. The predicted octanol–water partition coefficient (Wildman–Crippen LogP) is 2.18. The molecule has 0 aromatic heterocycles. The van der Waals surface area contributed by atoms with Crippen LogP contribution in [0.4, 0.5) is 0 Å². The van der Waals surface area contributed by atoms with Crippen LogP contribution < -0.4 is 14.8 Å². The number of ether oxygens (including phenoxy) is 2. The lowest BCUT2D eigenvalue weighted by Crippen LogP contribution is -2.36. The van der Waals surface area contributed by atoms with E-state index in [1.807, 2.05) is 25.1 Å². The molecule has 0 saturated heterocycles. The van der Waals surface area contributed by atoms with Gasteiger partial charge in [-0.3, -0.25) is 0 Å². The summed E-state index contributed by atoms with van der Waals surface area (Å²) in [5.41, 5.74) is 0.744. The van der Waals surface area contributed by atoms with E-state index >= 15 is 0 Å². The lowest BCUT2D eigenvalue weighted by molar-refractivity contribution is 0.368. The van der Waals surface area contributed by atoms with Crippen LogP contribution in [-0.2, 0) is 9.84 Å². The summed E-state index contributed by atoms with van der Waals surface area (Å²) in [6.07, 6.45) is 2.16. The van der Waals surface area contributed by atoms with Crippen LogP contribution in [0.1, 0.15) is 31.9 Å². The zero-order valence-electron chi connectivity index (χ0n) is 13.3. The minimum absolute atomic E-state index is 0.383. The van der Waals surface area contributed by atoms with Crippen molar-refractivity contribution in [2.45, 2.75) is 31.6 Å². The van der Waals surface area contributed by atoms with E-state index in [-0.39, 0.29) is 6.04 Å². The zero-order valence-corrected chi connectivity index (χ0v) is 14.2. The Hall–Kier alpha value is -1.27. The molecule has 1 aromatic carbocycles. The molecular weight excluding hydrogens is 290 g/mol. The van der Waals surface area contributed by atoms with Crippen LogP contribution in [-0.4, -0.2) is 40.7 Å². The molecular formula is C15H25NO4S. The second kappa shape index (κ2) is 7.66. The van der Waals surface area contributed by atoms with E-state index in [4.69, 9.17) is 9.47 Å². The number of benzene rings is 1. The Morgan fingerprint density at radius 3 is 2.10 bits per heavy atom. The van der Waals surface area contributed by atoms with Crippen LogP contribution in [0.2, 0.25) is 0 Å². The molecule has 0 heterocycles. The summed E-state index contributed by atoms with van der Waals surface area (Å²) in [6.45, 7) is 4.45. The van der Waals surface area contributed by atoms with E-state index in [1.54, 1.807) is 21.1 Å². The second-order valence-corrected chi connectivity index (χ2v) is 7.45. The molecule has 0 aliphatic carbocycles. The van der Waals surface area contributed by atoms with Crippen molar-refractivity contribution in [2.75, 3.05) is 27.0 Å². The first-order chi connectivity index (χ1) is 9.86. The van der Waals surface area contributed by atoms with E-state index < -0.39 is 15.1 Å². The highest BCUT2D eigenvalue weighted by atomic mass is 32.2. The normalized spacial score (nSPS) is 14.5. The minimum atomic E-state index is -3.20. The third kappa shape index (κ3) is 4.35. The average molecular weight is 315 g/mol. The summed E-state index contributed by atoms with van der Waals surface area (Å²) in [5, 5.41) is 2.71. The van der Waals surface area contributed by atoms with Crippen molar-refractivity contribution in [1.82, 2.24) is 5.32 Å². The molecule has 2 atom stereocenters. The molecule has 0 bridgehead atoms. The van der Waals surface area contributed by atoms with Gasteiger partial charge in [0, 0.05) is 6.26 Å². The largest absolute Gasteiger partial charge is 0.496 e. The first-order valence-electron chi connectivity index (χ1n) is 6.99. The van der Waals surface area contributed by atoms with Gasteiger partial charge in [-0.25, -0.2) is 8.42 Å². The Morgan fingerprint density at radius 1 is 1.19 bits per heavy atom. The molecule has 5 nitrogen and oxygen atoms in total. The van der Waals surface area contributed by atoms with Crippen LogP contribution in [0.3, 0.4) is 0 Å². The molecule has 0 spiro atoms. The van der Waals surface area contributed by atoms with Gasteiger partial charge in [-0.05, 0) is 32.0 Å². The van der Waals surface area contributed by atoms with Gasteiger partial charge in [0.1, 0.15) is 11.5 Å². The Morgan fingerprint density at radius 2 is 1.71 bits per heavy atom. The van der Waals surface area contributed by atoms with Crippen molar-refractivity contribution in [3.05, 3.63) is 23.8 Å². The molecule has 1 aromatic rings. The average Bonchev–Trinajstić information content (AvgIpc) is 2.46. The number of hydrogen-bond acceptors (Lipinski definition) is 5. The zero-order chi connectivity index (χ0) is 16.0. The fourth-order valence-corrected chi connectivity index (χ4v) is 2.96. The van der Waals surface area contributed by atoms with Gasteiger partial charge in [-0.2, -0.15) is 0 Å². The standard InChI is InChI=1S/C15H25NO4S/c1-6-10-16-15(11(2)21(5,17)18)14-12(19-3)8-7-9-13(14)20-4/h7-9,11,15-16H,6,10H2,1-5H3. The molecule has 0 fully saturated rings. The minimum Gasteiger partial charge on any atom is -0.496 e. The quantitative estimate of drug-likeness (QED) is 0.796. The van der Waals surface area contributed by atoms with Crippen molar-refractivity contribution in [3.8, 4) is 11.5 Å². The van der Waals surface area contributed by atoms with Gasteiger partial charge in [0.05, 0.1) is 31.1 Å². The van der Waals surface area contributed by atoms with Crippen molar-refractivity contribution < 1.29 is 17.9 Å². The molecule has 1 N–H and O–H groups in total. The lowest BCUT2D eigenvalue weighted by atomic mass is 10.0. The monoisotopic (exact) mass is 315 g/mol. The van der Waals surface area contributed by atoms with Gasteiger partial charge in [-0.1, -0.05) is 13.0 Å². The smallest absolute Gasteiger partial charge is 0.151 e. The topological polar surface area (TPSA) is 64.6 Å². The number of hydrogen-bond donors (Lipinski definition) is 1. The van der Waals surface area contributed by atoms with E-state index in [9.17, 15) is 8.42 Å². The molecule has 0 aliphatic heterocycles. The van der Waals surface area contributed by atoms with Crippen molar-refractivity contribution in [3.63, 3.8) is 0 Å². The molecule has 0 radical (unpaired) electrons. The maximum atomic E-state index is 12.0. The number of rotatable bonds is 8. The molecule has 0 saturated carbocycles. The van der Waals surface area contributed by atoms with Crippen molar-refractivity contribution in [2.24, 2.45) is 0 Å². The third-order valence-electron chi connectivity index (χ3n) is 3.54. The Balaban J connectivity index is 3.38. The van der Waals surface area contributed by atoms with Crippen molar-refractivity contribution >= 4 is 9.84 Å². The number of nitrogens with one attached hydrogen (secondary N) is 1. The lowest BCUT2D eigenvalue weighted by Gasteiger charge is -2.27. The van der Waals surface area contributed by atoms with E-state index in [1.165, 1.54) is 6.26 Å². The predicted molar refractivity (Wildman–Crippen MR) is 84.9 cm³/mol. The van der Waals surface area contributed by atoms with Gasteiger partial charge in [0.15, 0.2) is 9.84 Å². The fourth-order valence-electron chi connectivity index (χ4n) is 2.24. The van der Waals surface area contributed by atoms with E-state index in [2.05, 4.69) is 5.32 Å². The van der Waals surface area contributed by atoms with Gasteiger partial charge >= 0.3 is 0 Å². The van der Waals surface area contributed by atoms with Gasteiger partial charge in [-0.15, -0.1) is 0 Å². The number of methoxy groups -OCH3 is 2. The SMILES string of the molecule is CCCNC(c1c(OC)cccc1OC)C(C)S(C)(=O)=O. The van der Waals surface area contributed by atoms with E-state index in [0.29, 0.717) is 18.0 Å². The van der Waals surface area contributed by atoms with Crippen LogP contribution in [0.15, 0.2) is 18.2 Å². The molecule has 21 heavy (non-hydrogen) atoms. The molecule has 120 valence electrons. The maximum Gasteiger partial charge on any atom is 0.151 e. The summed E-state index contributed by atoms with van der Waals surface area (Å²) in [7, 11) is -0.0648. The highest BCUT2D eigenvalue weighted by Gasteiger charge is 2.31. The summed E-state index contributed by atoms with van der Waals surface area (Å²) >= 11 is 0. The van der Waals surface area contributed by atoms with Crippen LogP contribution >= 0.6 is 0 Å². The van der Waals surface area contributed by atoms with Gasteiger partial charge in [0.2, 0.25) is 0 Å². The van der Waals surface area contributed by atoms with Crippen molar-refractivity contribution in [1.29, 1.82) is 0 Å². The highest BCUT2D eigenvalue weighted by Crippen LogP contribution is 2.37. The van der Waals surface area contributed by atoms with Crippen LogP contribution in [0.25, 0.3) is 0 Å². The highest BCUT2D eigenvalue weighted by molar-refractivity contribution is 7.91. The van der Waals surface area contributed by atoms with E-state index in [0.717, 1.165) is 12.0 Å². The second-order valence-electron chi connectivity index (χ2n) is 5.04. The molecule has 0 aliphatic rings.